The summed E-state index contributed by atoms with van der Waals surface area (Å²) < 4.78 is 0. The summed E-state index contributed by atoms with van der Waals surface area (Å²) in [6, 6.07) is 4.29. The molecule has 1 amide bonds. The molecule has 174 valence electrons. The van der Waals surface area contributed by atoms with Crippen LogP contribution in [0.4, 0.5) is 0 Å². The van der Waals surface area contributed by atoms with Crippen molar-refractivity contribution in [2.24, 2.45) is 11.7 Å². The molecule has 5 N–H and O–H groups in total. The quantitative estimate of drug-likeness (QED) is 0.534. The number of nitrogens with zero attached hydrogens (tertiary/aromatic N) is 1. The first kappa shape index (κ1) is 26.4. The number of hydrogen-bond acceptors (Lipinski definition) is 5. The van der Waals surface area contributed by atoms with Crippen LogP contribution < -0.4 is 5.73 Å². The topological polar surface area (TPSA) is 141 Å². The maximum atomic E-state index is 11.3. The van der Waals surface area contributed by atoms with Gasteiger partial charge in [0, 0.05) is 12.5 Å². The molecule has 0 bridgehead atoms. The maximum absolute atomic E-state index is 11.3. The van der Waals surface area contributed by atoms with E-state index in [9.17, 15) is 9.90 Å². The second kappa shape index (κ2) is 10.1. The molecule has 0 aliphatic carbocycles. The van der Waals surface area contributed by atoms with Gasteiger partial charge >= 0.3 is 11.9 Å². The summed E-state index contributed by atoms with van der Waals surface area (Å²) in [4.78, 5) is 31.9. The minimum absolute atomic E-state index is 0.0198. The Labute approximate surface area is 184 Å². The molecule has 1 heterocycles. The highest BCUT2D eigenvalue weighted by atomic mass is 16.4. The van der Waals surface area contributed by atoms with E-state index >= 15 is 0 Å². The number of likely N-dealkylation sites (tertiary alicyclic amines) is 1. The predicted octanol–water partition coefficient (Wildman–Crippen LogP) is 2.84. The van der Waals surface area contributed by atoms with Crippen LogP contribution >= 0.6 is 0 Å². The van der Waals surface area contributed by atoms with Gasteiger partial charge in [0.2, 0.25) is 5.91 Å². The highest BCUT2D eigenvalue weighted by Gasteiger charge is 2.28. The number of phenolic OH excluding ortho intramolecular Hbond substituents is 1. The van der Waals surface area contributed by atoms with E-state index in [1.54, 1.807) is 0 Å². The van der Waals surface area contributed by atoms with Crippen molar-refractivity contribution in [3.63, 3.8) is 0 Å². The molecule has 8 heteroatoms. The fourth-order valence-electron chi connectivity index (χ4n) is 3.56. The van der Waals surface area contributed by atoms with Crippen LogP contribution in [-0.2, 0) is 31.8 Å². The molecule has 31 heavy (non-hydrogen) atoms. The van der Waals surface area contributed by atoms with Gasteiger partial charge in [-0.1, -0.05) is 53.7 Å². The number of amides is 1. The molecule has 1 aromatic carbocycles. The van der Waals surface area contributed by atoms with Gasteiger partial charge in [-0.05, 0) is 53.5 Å². The summed E-state index contributed by atoms with van der Waals surface area (Å²) in [6.07, 6.45) is 1.68. The fraction of sp³-hybridized carbons (Fsp3) is 0.609. The second-order valence-corrected chi connectivity index (χ2v) is 10.1. The summed E-state index contributed by atoms with van der Waals surface area (Å²) in [7, 11) is 0. The van der Waals surface area contributed by atoms with E-state index in [-0.39, 0.29) is 22.7 Å². The predicted molar refractivity (Wildman–Crippen MR) is 118 cm³/mol. The molecule has 0 saturated carbocycles. The van der Waals surface area contributed by atoms with Crippen molar-refractivity contribution < 1.29 is 29.7 Å². The monoisotopic (exact) mass is 436 g/mol. The van der Waals surface area contributed by atoms with Crippen molar-refractivity contribution >= 4 is 17.8 Å². The van der Waals surface area contributed by atoms with Gasteiger partial charge in [0.15, 0.2) is 0 Å². The number of carboxylic acid groups (broad SMARTS) is 2. The molecule has 0 radical (unpaired) electrons. The van der Waals surface area contributed by atoms with Crippen LogP contribution in [0.2, 0.25) is 0 Å². The Morgan fingerprint density at radius 3 is 1.61 bits per heavy atom. The van der Waals surface area contributed by atoms with Crippen molar-refractivity contribution in [3.8, 4) is 5.75 Å². The van der Waals surface area contributed by atoms with Crippen molar-refractivity contribution in [1.29, 1.82) is 0 Å². The lowest BCUT2D eigenvalue weighted by atomic mass is 9.78. The van der Waals surface area contributed by atoms with E-state index in [0.29, 0.717) is 5.75 Å². The summed E-state index contributed by atoms with van der Waals surface area (Å²) in [5.41, 5.74) is 8.44. The third-order valence-electron chi connectivity index (χ3n) is 5.36. The molecule has 0 aromatic heterocycles. The molecule has 1 aliphatic heterocycles. The van der Waals surface area contributed by atoms with E-state index in [4.69, 9.17) is 25.5 Å². The SMILES string of the molecule is CC(C)(C)c1cc(CN2CCC(C(N)=O)CC2)cc(C(C)(C)C)c1O.O=C(O)C(=O)O. The maximum Gasteiger partial charge on any atom is 0.414 e. The van der Waals surface area contributed by atoms with Crippen molar-refractivity contribution in [1.82, 2.24) is 4.90 Å². The molecule has 1 aliphatic rings. The van der Waals surface area contributed by atoms with Gasteiger partial charge in [-0.15, -0.1) is 0 Å². The molecule has 0 unspecified atom stereocenters. The Morgan fingerprint density at radius 2 is 1.32 bits per heavy atom. The molecule has 0 spiro atoms. The van der Waals surface area contributed by atoms with Crippen molar-refractivity contribution in [2.45, 2.75) is 71.8 Å². The van der Waals surface area contributed by atoms with E-state index in [2.05, 4.69) is 58.6 Å². The number of phenols is 1. The molecular formula is C23H36N2O6. The Morgan fingerprint density at radius 1 is 0.935 bits per heavy atom. The average Bonchev–Trinajstić information content (AvgIpc) is 2.62. The van der Waals surface area contributed by atoms with Gasteiger partial charge in [-0.25, -0.2) is 9.59 Å². The lowest BCUT2D eigenvalue weighted by Crippen LogP contribution is -2.38. The number of aromatic hydroxyl groups is 1. The number of rotatable bonds is 3. The summed E-state index contributed by atoms with van der Waals surface area (Å²) >= 11 is 0. The summed E-state index contributed by atoms with van der Waals surface area (Å²) in [5.74, 6) is -3.37. The number of benzene rings is 1. The number of aliphatic carboxylic acids is 2. The summed E-state index contributed by atoms with van der Waals surface area (Å²) in [6.45, 7) is 15.4. The van der Waals surface area contributed by atoms with E-state index in [1.165, 1.54) is 5.56 Å². The minimum atomic E-state index is -1.82. The van der Waals surface area contributed by atoms with Gasteiger partial charge in [0.1, 0.15) is 5.75 Å². The van der Waals surface area contributed by atoms with E-state index in [1.807, 2.05) is 0 Å². The number of piperidine rings is 1. The first-order chi connectivity index (χ1) is 14.0. The van der Waals surface area contributed by atoms with Crippen LogP contribution in [0.25, 0.3) is 0 Å². The van der Waals surface area contributed by atoms with E-state index in [0.717, 1.165) is 43.6 Å². The van der Waals surface area contributed by atoms with Gasteiger partial charge < -0.3 is 21.1 Å². The third kappa shape index (κ3) is 7.86. The van der Waals surface area contributed by atoms with Crippen LogP contribution in [0.3, 0.4) is 0 Å². The second-order valence-electron chi connectivity index (χ2n) is 10.1. The first-order valence-corrected chi connectivity index (χ1v) is 10.4. The summed E-state index contributed by atoms with van der Waals surface area (Å²) in [5, 5.41) is 25.6. The third-order valence-corrected chi connectivity index (χ3v) is 5.36. The lowest BCUT2D eigenvalue weighted by Gasteiger charge is -2.32. The fourth-order valence-corrected chi connectivity index (χ4v) is 3.56. The van der Waals surface area contributed by atoms with Crippen LogP contribution in [0.15, 0.2) is 12.1 Å². The molecule has 0 atom stereocenters. The Kier molecular flexibility index (Phi) is 8.64. The zero-order valence-corrected chi connectivity index (χ0v) is 19.4. The van der Waals surface area contributed by atoms with Crippen LogP contribution in [0.5, 0.6) is 5.75 Å². The number of nitrogens with two attached hydrogens (primary N) is 1. The smallest absolute Gasteiger partial charge is 0.414 e. The minimum Gasteiger partial charge on any atom is -0.507 e. The molecule has 1 saturated heterocycles. The number of carboxylic acids is 2. The average molecular weight is 437 g/mol. The molecule has 1 fully saturated rings. The van der Waals surface area contributed by atoms with Gasteiger partial charge in [0.05, 0.1) is 0 Å². The van der Waals surface area contributed by atoms with Crippen LogP contribution in [0.1, 0.15) is 71.1 Å². The van der Waals surface area contributed by atoms with Gasteiger partial charge in [-0.2, -0.15) is 0 Å². The number of carbonyl (C=O) groups is 3. The normalized spacial score (nSPS) is 15.7. The number of primary amides is 1. The lowest BCUT2D eigenvalue weighted by molar-refractivity contribution is -0.159. The van der Waals surface area contributed by atoms with Gasteiger partial charge in [-0.3, -0.25) is 9.69 Å². The van der Waals surface area contributed by atoms with Gasteiger partial charge in [0.25, 0.3) is 0 Å². The Balaban J connectivity index is 0.000000703. The largest absolute Gasteiger partial charge is 0.507 e. The van der Waals surface area contributed by atoms with Crippen molar-refractivity contribution in [3.05, 3.63) is 28.8 Å². The highest BCUT2D eigenvalue weighted by Crippen LogP contribution is 2.40. The molecular weight excluding hydrogens is 400 g/mol. The Bertz CT molecular complexity index is 765. The molecule has 8 nitrogen and oxygen atoms in total. The van der Waals surface area contributed by atoms with Crippen LogP contribution in [-0.4, -0.2) is 51.2 Å². The molecule has 2 rings (SSSR count). The zero-order valence-electron chi connectivity index (χ0n) is 19.4. The first-order valence-electron chi connectivity index (χ1n) is 10.4. The van der Waals surface area contributed by atoms with E-state index < -0.39 is 11.9 Å². The number of carbonyl (C=O) groups excluding carboxylic acids is 1. The van der Waals surface area contributed by atoms with Crippen LogP contribution in [0, 0.1) is 5.92 Å². The molecule has 1 aromatic rings. The standard InChI is InChI=1S/C21H34N2O2.C2H2O4/c1-20(2,3)16-11-14(12-17(18(16)24)21(4,5)6)13-23-9-7-15(8-10-23)19(22)25;3-1(4)2(5)6/h11-12,15,24H,7-10,13H2,1-6H3,(H2,22,25);(H,3,4)(H,5,6). The Hall–Kier alpha value is -2.61. The highest BCUT2D eigenvalue weighted by molar-refractivity contribution is 6.27. The number of hydrogen-bond donors (Lipinski definition) is 4. The van der Waals surface area contributed by atoms with Crippen molar-refractivity contribution in [2.75, 3.05) is 13.1 Å². The zero-order chi connectivity index (χ0) is 24.1.